The number of phenolic OH excluding ortho intramolecular Hbond substituents is 1. The summed E-state index contributed by atoms with van der Waals surface area (Å²) in [4.78, 5) is 71.9. The molecule has 0 saturated carbocycles. The number of nitrogens with zero attached hydrogens (tertiary/aromatic N) is 1. The van der Waals surface area contributed by atoms with Crippen LogP contribution in [0.1, 0.15) is 48.5 Å². The van der Waals surface area contributed by atoms with E-state index < -0.39 is 106 Å². The van der Waals surface area contributed by atoms with Crippen LogP contribution < -0.4 is 16.4 Å². The van der Waals surface area contributed by atoms with E-state index in [1.54, 1.807) is 0 Å². The van der Waals surface area contributed by atoms with Gasteiger partial charge in [0.15, 0.2) is 11.4 Å². The number of nitrogens with one attached hydrogen (secondary N) is 2. The zero-order valence-electron chi connectivity index (χ0n) is 26.8. The van der Waals surface area contributed by atoms with Crippen LogP contribution in [0.25, 0.3) is 0 Å². The zero-order chi connectivity index (χ0) is 37.2. The van der Waals surface area contributed by atoms with Gasteiger partial charge in [-0.3, -0.25) is 29.4 Å². The Morgan fingerprint density at radius 1 is 1.02 bits per heavy atom. The van der Waals surface area contributed by atoms with Crippen LogP contribution in [0.5, 0.6) is 5.75 Å². The van der Waals surface area contributed by atoms with Crippen LogP contribution in [0.15, 0.2) is 40.9 Å². The second-order valence-electron chi connectivity index (χ2n) is 12.3. The third-order valence-corrected chi connectivity index (χ3v) is 9.03. The fraction of sp³-hybridized carbons (Fsp3) is 0.484. The number of nitrogens with two attached hydrogens (primary N) is 1. The number of carboxylic acids is 3. The Kier molecular flexibility index (Phi) is 11.6. The number of aliphatic carboxylic acids is 3. The highest BCUT2D eigenvalue weighted by Crippen LogP contribution is 2.56. The molecule has 1 amide bonds. The predicted octanol–water partition coefficient (Wildman–Crippen LogP) is -1.30. The van der Waals surface area contributed by atoms with Crippen LogP contribution in [-0.4, -0.2) is 126 Å². The fourth-order valence-electron chi connectivity index (χ4n) is 6.64. The zero-order valence-corrected chi connectivity index (χ0v) is 26.8. The molecule has 3 aliphatic rings. The number of phenols is 1. The number of fused-ring (bicyclic) bond motifs is 3. The van der Waals surface area contributed by atoms with E-state index in [9.17, 15) is 49.8 Å². The molecule has 0 radical (unpaired) electrons. The number of benzene rings is 1. The smallest absolute Gasteiger partial charge is 0.414 e. The standard InChI is InChI=1S/C29H38N4O10.C2H2O4/c1-28(42)13-7-6-9-17(34)18(13)22(35)19-14(28)11-15-21(33(2)3)23(36)20(25(38)29(15,43)24(19)37)26(39)32-12-31-16(27(40)41)8-4-5-10-30;3-1(4)2(5)6/h6-7,9,14-16,21,31,34,36-37,42-43H,4-5,8,10-12,30H2,1-3H3,(H,32,39)(H,40,41);(H,3,4)(H,5,6)/t14?,15-,16-,21-,28+,29-;/m0./s1. The first kappa shape index (κ1) is 38.6. The number of Topliss-reactive ketones (excluding diaryl/α,β-unsaturated/α-hetero) is 2. The first-order valence-electron chi connectivity index (χ1n) is 15.1. The van der Waals surface area contributed by atoms with Gasteiger partial charge in [0.05, 0.1) is 23.9 Å². The SMILES string of the molecule is CN(C)[C@@H]1C(O)=C(C(=O)NCN[C@@H](CCCCN)C(=O)O)C(=O)[C@@]2(O)C(O)=C3C(=O)c4c(O)cccc4[C@@](C)(O)C3C[C@@H]12.O=C(O)C(=O)O. The highest BCUT2D eigenvalue weighted by atomic mass is 16.4. The number of hydrogen-bond donors (Lipinski definition) is 11. The lowest BCUT2D eigenvalue weighted by atomic mass is 9.55. The fourth-order valence-corrected chi connectivity index (χ4v) is 6.64. The Balaban J connectivity index is 0.000000992. The van der Waals surface area contributed by atoms with Gasteiger partial charge >= 0.3 is 17.9 Å². The molecule has 1 unspecified atom stereocenters. The van der Waals surface area contributed by atoms with Gasteiger partial charge < -0.3 is 51.9 Å². The second kappa shape index (κ2) is 14.7. The highest BCUT2D eigenvalue weighted by molar-refractivity contribution is 6.27. The number of aliphatic hydroxyl groups excluding tert-OH is 2. The molecule has 1 aromatic rings. The molecule has 268 valence electrons. The number of carboxylic acid groups (broad SMARTS) is 3. The van der Waals surface area contributed by atoms with Gasteiger partial charge in [0.25, 0.3) is 5.91 Å². The van der Waals surface area contributed by atoms with Gasteiger partial charge in [-0.05, 0) is 58.5 Å². The van der Waals surface area contributed by atoms with E-state index in [0.717, 1.165) is 0 Å². The van der Waals surface area contributed by atoms with Crippen molar-refractivity contribution in [2.24, 2.45) is 17.6 Å². The summed E-state index contributed by atoms with van der Waals surface area (Å²) in [6.45, 7) is 1.36. The minimum Gasteiger partial charge on any atom is -0.510 e. The molecule has 18 nitrogen and oxygen atoms in total. The summed E-state index contributed by atoms with van der Waals surface area (Å²) in [5.74, 6) is -12.9. The minimum absolute atomic E-state index is 0.100. The van der Waals surface area contributed by atoms with Crippen molar-refractivity contribution in [1.29, 1.82) is 0 Å². The number of unbranched alkanes of at least 4 members (excludes halogenated alkanes) is 1. The number of amides is 1. The molecule has 0 fully saturated rings. The monoisotopic (exact) mass is 692 g/mol. The van der Waals surface area contributed by atoms with Crippen molar-refractivity contribution in [2.75, 3.05) is 27.3 Å². The summed E-state index contributed by atoms with van der Waals surface area (Å²) in [6.07, 6.45) is 1.07. The van der Waals surface area contributed by atoms with Gasteiger partial charge in [-0.1, -0.05) is 18.6 Å². The summed E-state index contributed by atoms with van der Waals surface area (Å²) in [6, 6.07) is 1.87. The molecule has 49 heavy (non-hydrogen) atoms. The third kappa shape index (κ3) is 6.99. The van der Waals surface area contributed by atoms with Gasteiger partial charge in [0.1, 0.15) is 28.9 Å². The van der Waals surface area contributed by atoms with E-state index in [4.69, 9.17) is 25.5 Å². The van der Waals surface area contributed by atoms with Gasteiger partial charge in [-0.2, -0.15) is 0 Å². The summed E-state index contributed by atoms with van der Waals surface area (Å²) in [5.41, 5.74) is -0.782. The molecule has 1 aromatic carbocycles. The first-order valence-corrected chi connectivity index (χ1v) is 15.1. The van der Waals surface area contributed by atoms with E-state index in [2.05, 4.69) is 10.6 Å². The molecule has 0 spiro atoms. The normalized spacial score (nSPS) is 26.6. The van der Waals surface area contributed by atoms with E-state index in [-0.39, 0.29) is 24.0 Å². The molecule has 12 N–H and O–H groups in total. The summed E-state index contributed by atoms with van der Waals surface area (Å²) in [5, 5.41) is 85.9. The van der Waals surface area contributed by atoms with Gasteiger partial charge in [0.2, 0.25) is 5.78 Å². The van der Waals surface area contributed by atoms with Crippen molar-refractivity contribution in [3.8, 4) is 5.75 Å². The Hall–Kier alpha value is -4.88. The molecule has 4 rings (SSSR count). The number of hydrogen-bond acceptors (Lipinski definition) is 14. The van der Waals surface area contributed by atoms with Crippen LogP contribution in [0.3, 0.4) is 0 Å². The Morgan fingerprint density at radius 2 is 1.63 bits per heavy atom. The van der Waals surface area contributed by atoms with Gasteiger partial charge in [-0.15, -0.1) is 0 Å². The maximum absolute atomic E-state index is 13.9. The van der Waals surface area contributed by atoms with Crippen molar-refractivity contribution in [1.82, 2.24) is 15.5 Å². The van der Waals surface area contributed by atoms with Crippen LogP contribution in [0.4, 0.5) is 0 Å². The van der Waals surface area contributed by atoms with Crippen molar-refractivity contribution >= 4 is 35.4 Å². The van der Waals surface area contributed by atoms with Crippen molar-refractivity contribution in [3.63, 3.8) is 0 Å². The van der Waals surface area contributed by atoms with Gasteiger partial charge in [-0.25, -0.2) is 9.59 Å². The molecular formula is C31H40N4O14. The average Bonchev–Trinajstić information content (AvgIpc) is 3.00. The predicted molar refractivity (Wildman–Crippen MR) is 166 cm³/mol. The van der Waals surface area contributed by atoms with Crippen molar-refractivity contribution in [2.45, 2.75) is 55.9 Å². The van der Waals surface area contributed by atoms with Crippen LogP contribution in [0, 0.1) is 11.8 Å². The molecule has 18 heteroatoms. The van der Waals surface area contributed by atoms with E-state index in [1.807, 2.05) is 0 Å². The number of likely N-dealkylation sites (N-methyl/N-ethyl adjacent to an activating group) is 1. The molecular weight excluding hydrogens is 652 g/mol. The lowest BCUT2D eigenvalue weighted by Crippen LogP contribution is -2.65. The number of carbonyl (C=O) groups excluding carboxylic acids is 3. The largest absolute Gasteiger partial charge is 0.510 e. The van der Waals surface area contributed by atoms with Gasteiger partial charge in [0, 0.05) is 17.4 Å². The molecule has 0 aliphatic heterocycles. The molecule has 6 atom stereocenters. The average molecular weight is 693 g/mol. The van der Waals surface area contributed by atoms with Crippen LogP contribution in [0.2, 0.25) is 0 Å². The topological polar surface area (TPSA) is 318 Å². The summed E-state index contributed by atoms with van der Waals surface area (Å²) >= 11 is 0. The maximum Gasteiger partial charge on any atom is 0.414 e. The van der Waals surface area contributed by atoms with Crippen molar-refractivity contribution < 1.29 is 69.6 Å². The Labute approximate surface area is 279 Å². The first-order chi connectivity index (χ1) is 22.8. The van der Waals surface area contributed by atoms with E-state index in [0.29, 0.717) is 19.4 Å². The molecule has 0 bridgehead atoms. The number of rotatable bonds is 10. The Bertz CT molecular complexity index is 1600. The highest BCUT2D eigenvalue weighted by Gasteiger charge is 2.65. The lowest BCUT2D eigenvalue weighted by molar-refractivity contribution is -0.159. The quantitative estimate of drug-likeness (QED) is 0.0587. The minimum atomic E-state index is -2.85. The van der Waals surface area contributed by atoms with Crippen LogP contribution >= 0.6 is 0 Å². The molecule has 3 aliphatic carbocycles. The van der Waals surface area contributed by atoms with Crippen LogP contribution in [-0.2, 0) is 29.6 Å². The Morgan fingerprint density at radius 3 is 2.16 bits per heavy atom. The number of ketones is 2. The third-order valence-electron chi connectivity index (χ3n) is 9.03. The molecule has 0 heterocycles. The summed E-state index contributed by atoms with van der Waals surface area (Å²) < 4.78 is 0. The molecule has 0 aromatic heterocycles. The lowest BCUT2D eigenvalue weighted by Gasteiger charge is -2.52. The summed E-state index contributed by atoms with van der Waals surface area (Å²) in [7, 11) is 3.03. The number of carbonyl (C=O) groups is 6. The van der Waals surface area contributed by atoms with E-state index >= 15 is 0 Å². The molecule has 0 saturated heterocycles. The van der Waals surface area contributed by atoms with E-state index in [1.165, 1.54) is 44.1 Å². The number of aliphatic hydroxyl groups is 4. The number of aromatic hydroxyl groups is 1. The maximum atomic E-state index is 13.9. The van der Waals surface area contributed by atoms with Crippen molar-refractivity contribution in [3.05, 3.63) is 52.0 Å². The second-order valence-corrected chi connectivity index (χ2v) is 12.3.